The lowest BCUT2D eigenvalue weighted by Gasteiger charge is -2.12. The number of fused-ring (bicyclic) bond motifs is 1. The second-order valence-corrected chi connectivity index (χ2v) is 10.1. The average molecular weight is 472 g/mol. The van der Waals surface area contributed by atoms with Gasteiger partial charge in [-0.05, 0) is 43.7 Å². The molecule has 1 fully saturated rings. The van der Waals surface area contributed by atoms with Gasteiger partial charge in [-0.2, -0.15) is 5.10 Å². The van der Waals surface area contributed by atoms with Crippen LogP contribution < -0.4 is 5.32 Å². The van der Waals surface area contributed by atoms with Crippen LogP contribution in [-0.4, -0.2) is 40.6 Å². The summed E-state index contributed by atoms with van der Waals surface area (Å²) in [5.41, 5.74) is 1.46. The summed E-state index contributed by atoms with van der Waals surface area (Å²) in [6.07, 6.45) is 1.86. The van der Waals surface area contributed by atoms with Crippen molar-refractivity contribution in [2.75, 3.05) is 16.8 Å². The number of nitrogens with zero attached hydrogens (tertiary/aromatic N) is 3. The molecule has 1 N–H and O–H groups in total. The second kappa shape index (κ2) is 7.77. The van der Waals surface area contributed by atoms with E-state index in [-0.39, 0.29) is 22.8 Å². The van der Waals surface area contributed by atoms with E-state index in [9.17, 15) is 22.0 Å². The number of halogens is 2. The Kier molecular flexibility index (Phi) is 5.00. The van der Waals surface area contributed by atoms with Gasteiger partial charge < -0.3 is 9.73 Å². The molecule has 1 saturated heterocycles. The van der Waals surface area contributed by atoms with Crippen molar-refractivity contribution in [1.82, 2.24) is 14.8 Å². The van der Waals surface area contributed by atoms with Gasteiger partial charge in [-0.3, -0.25) is 4.79 Å². The maximum Gasteiger partial charge on any atom is 0.256 e. The van der Waals surface area contributed by atoms with E-state index in [0.29, 0.717) is 34.6 Å². The van der Waals surface area contributed by atoms with Gasteiger partial charge in [-0.15, -0.1) is 0 Å². The SMILES string of the molecule is Cc1nn([C@H]2CCS(=O)(=O)C2)c2nc(-c3ccco3)cc(C(=O)Nc3ccc(F)c(F)c3)c12. The summed E-state index contributed by atoms with van der Waals surface area (Å²) in [5, 5.41) is 7.52. The largest absolute Gasteiger partial charge is 0.463 e. The van der Waals surface area contributed by atoms with E-state index in [1.165, 1.54) is 18.4 Å². The molecule has 1 aliphatic rings. The van der Waals surface area contributed by atoms with Crippen LogP contribution in [0.2, 0.25) is 0 Å². The van der Waals surface area contributed by atoms with Crippen LogP contribution in [0.5, 0.6) is 0 Å². The van der Waals surface area contributed by atoms with Crippen LogP contribution in [0.4, 0.5) is 14.5 Å². The van der Waals surface area contributed by atoms with Gasteiger partial charge in [0.15, 0.2) is 32.9 Å². The number of carbonyl (C=O) groups excluding carboxylic acids is 1. The molecule has 170 valence electrons. The first-order valence-corrected chi connectivity index (χ1v) is 11.9. The third-order valence-electron chi connectivity index (χ3n) is 5.59. The number of furan rings is 1. The number of rotatable bonds is 4. The van der Waals surface area contributed by atoms with Gasteiger partial charge in [0.2, 0.25) is 0 Å². The average Bonchev–Trinajstić information content (AvgIpc) is 3.49. The second-order valence-electron chi connectivity index (χ2n) is 7.90. The highest BCUT2D eigenvalue weighted by atomic mass is 32.2. The highest BCUT2D eigenvalue weighted by Crippen LogP contribution is 2.32. The van der Waals surface area contributed by atoms with Crippen molar-refractivity contribution >= 4 is 32.5 Å². The van der Waals surface area contributed by atoms with E-state index < -0.39 is 33.4 Å². The fourth-order valence-electron chi connectivity index (χ4n) is 4.04. The first-order valence-electron chi connectivity index (χ1n) is 10.1. The summed E-state index contributed by atoms with van der Waals surface area (Å²) < 4.78 is 58.0. The van der Waals surface area contributed by atoms with Crippen LogP contribution in [-0.2, 0) is 9.84 Å². The minimum atomic E-state index is -3.18. The molecule has 0 saturated carbocycles. The Labute approximate surface area is 187 Å². The first kappa shape index (κ1) is 21.3. The summed E-state index contributed by atoms with van der Waals surface area (Å²) in [6.45, 7) is 1.70. The van der Waals surface area contributed by atoms with Gasteiger partial charge >= 0.3 is 0 Å². The number of anilines is 1. The number of hydrogen-bond donors (Lipinski definition) is 1. The third-order valence-corrected chi connectivity index (χ3v) is 7.34. The minimum absolute atomic E-state index is 0.0550. The Hall–Kier alpha value is -3.60. The summed E-state index contributed by atoms with van der Waals surface area (Å²) in [4.78, 5) is 17.8. The van der Waals surface area contributed by atoms with Crippen LogP contribution in [0, 0.1) is 18.6 Å². The number of carbonyl (C=O) groups is 1. The number of hydrogen-bond acceptors (Lipinski definition) is 6. The summed E-state index contributed by atoms with van der Waals surface area (Å²) in [6, 6.07) is 7.53. The van der Waals surface area contributed by atoms with Crippen LogP contribution >= 0.6 is 0 Å². The molecule has 4 heterocycles. The molecule has 0 aliphatic carbocycles. The predicted octanol–water partition coefficient (Wildman–Crippen LogP) is 3.89. The Morgan fingerprint density at radius 3 is 2.70 bits per heavy atom. The number of nitrogens with one attached hydrogen (secondary N) is 1. The van der Waals surface area contributed by atoms with Crippen LogP contribution in [0.15, 0.2) is 47.1 Å². The van der Waals surface area contributed by atoms with Gasteiger partial charge in [-0.1, -0.05) is 0 Å². The molecule has 11 heteroatoms. The number of pyridine rings is 1. The Bertz CT molecular complexity index is 1500. The molecule has 3 aromatic heterocycles. The monoisotopic (exact) mass is 472 g/mol. The van der Waals surface area contributed by atoms with Gasteiger partial charge in [0, 0.05) is 11.8 Å². The molecule has 0 bridgehead atoms. The van der Waals surface area contributed by atoms with Crippen molar-refractivity contribution in [2.45, 2.75) is 19.4 Å². The zero-order valence-corrected chi connectivity index (χ0v) is 18.2. The van der Waals surface area contributed by atoms with Crippen LogP contribution in [0.25, 0.3) is 22.5 Å². The number of aryl methyl sites for hydroxylation is 1. The first-order chi connectivity index (χ1) is 15.7. The lowest BCUT2D eigenvalue weighted by molar-refractivity contribution is 0.102. The van der Waals surface area contributed by atoms with Gasteiger partial charge in [0.1, 0.15) is 5.69 Å². The quantitative estimate of drug-likeness (QED) is 0.483. The normalized spacial score (nSPS) is 17.5. The summed E-state index contributed by atoms with van der Waals surface area (Å²) in [7, 11) is -3.18. The van der Waals surface area contributed by atoms with E-state index in [1.807, 2.05) is 0 Å². The molecule has 0 radical (unpaired) electrons. The molecule has 8 nitrogen and oxygen atoms in total. The smallest absolute Gasteiger partial charge is 0.256 e. The number of aromatic nitrogens is 3. The third kappa shape index (κ3) is 3.88. The lowest BCUT2D eigenvalue weighted by Crippen LogP contribution is -2.15. The molecule has 5 rings (SSSR count). The molecule has 1 amide bonds. The molecule has 1 atom stereocenters. The molecule has 0 spiro atoms. The number of sulfone groups is 1. The summed E-state index contributed by atoms with van der Waals surface area (Å²) in [5.74, 6) is -2.30. The molecule has 0 unspecified atom stereocenters. The van der Waals surface area contributed by atoms with Crippen LogP contribution in [0.3, 0.4) is 0 Å². The molecule has 33 heavy (non-hydrogen) atoms. The van der Waals surface area contributed by atoms with Crippen LogP contribution in [0.1, 0.15) is 28.5 Å². The van der Waals surface area contributed by atoms with Crippen molar-refractivity contribution in [3.63, 3.8) is 0 Å². The zero-order chi connectivity index (χ0) is 23.3. The lowest BCUT2D eigenvalue weighted by atomic mass is 10.1. The zero-order valence-electron chi connectivity index (χ0n) is 17.4. The van der Waals surface area contributed by atoms with Crippen molar-refractivity contribution < 1.29 is 26.4 Å². The minimum Gasteiger partial charge on any atom is -0.463 e. The molecule has 1 aromatic carbocycles. The standard InChI is InChI=1S/C22H18F2N4O4S/c1-12-20-15(22(29)25-13-4-5-16(23)17(24)9-13)10-18(19-3-2-7-32-19)26-21(20)28(27-12)14-6-8-33(30,31)11-14/h2-5,7,9-10,14H,6,8,11H2,1H3,(H,25,29)/t14-/m0/s1. The van der Waals surface area contributed by atoms with E-state index >= 15 is 0 Å². The maximum absolute atomic E-state index is 13.6. The van der Waals surface area contributed by atoms with Gasteiger partial charge in [-0.25, -0.2) is 26.9 Å². The number of amides is 1. The molecule has 4 aromatic rings. The van der Waals surface area contributed by atoms with Gasteiger partial charge in [0.05, 0.1) is 40.5 Å². The Morgan fingerprint density at radius 2 is 2.03 bits per heavy atom. The van der Waals surface area contributed by atoms with Crippen molar-refractivity contribution in [3.05, 3.63) is 65.6 Å². The van der Waals surface area contributed by atoms with E-state index in [1.54, 1.807) is 23.7 Å². The fourth-order valence-corrected chi connectivity index (χ4v) is 5.73. The highest BCUT2D eigenvalue weighted by molar-refractivity contribution is 7.91. The van der Waals surface area contributed by atoms with E-state index in [0.717, 1.165) is 12.1 Å². The van der Waals surface area contributed by atoms with Crippen molar-refractivity contribution in [2.24, 2.45) is 0 Å². The summed E-state index contributed by atoms with van der Waals surface area (Å²) >= 11 is 0. The molecular weight excluding hydrogens is 454 g/mol. The van der Waals surface area contributed by atoms with Crippen molar-refractivity contribution in [3.8, 4) is 11.5 Å². The van der Waals surface area contributed by atoms with Gasteiger partial charge in [0.25, 0.3) is 5.91 Å². The highest BCUT2D eigenvalue weighted by Gasteiger charge is 2.32. The van der Waals surface area contributed by atoms with E-state index in [4.69, 9.17) is 4.42 Å². The molecular formula is C22H18F2N4O4S. The topological polar surface area (TPSA) is 107 Å². The maximum atomic E-state index is 13.6. The number of benzene rings is 1. The Balaban J connectivity index is 1.65. The molecule has 1 aliphatic heterocycles. The Morgan fingerprint density at radius 1 is 1.21 bits per heavy atom. The van der Waals surface area contributed by atoms with Crippen molar-refractivity contribution in [1.29, 1.82) is 0 Å². The van der Waals surface area contributed by atoms with E-state index in [2.05, 4.69) is 15.4 Å². The fraction of sp³-hybridized carbons (Fsp3) is 0.227. The predicted molar refractivity (Wildman–Crippen MR) is 117 cm³/mol.